The van der Waals surface area contributed by atoms with E-state index in [-0.39, 0.29) is 25.2 Å². The highest BCUT2D eigenvalue weighted by Gasteiger charge is 2.16. The molecule has 0 saturated carbocycles. The molecular weight excluding hydrogens is 981 g/mol. The molecule has 0 rings (SSSR count). The molecule has 0 spiro atoms. The van der Waals surface area contributed by atoms with Crippen LogP contribution in [0, 0.1) is 0 Å². The van der Waals surface area contributed by atoms with Gasteiger partial charge in [0.15, 0.2) is 6.10 Å². The van der Waals surface area contributed by atoms with Crippen LogP contribution in [0.5, 0.6) is 0 Å². The molecule has 0 radical (unpaired) electrons. The van der Waals surface area contributed by atoms with Crippen molar-refractivity contribution < 1.29 is 24.2 Å². The molecule has 0 aromatic carbocycles. The zero-order valence-electron chi connectivity index (χ0n) is 53.6. The molecule has 0 aromatic rings. The summed E-state index contributed by atoms with van der Waals surface area (Å²) in [6.07, 6.45) is 98.1. The van der Waals surface area contributed by atoms with Crippen LogP contribution in [-0.2, 0) is 19.1 Å². The van der Waals surface area contributed by atoms with Crippen molar-refractivity contribution in [1.82, 2.24) is 0 Å². The Bertz CT molecular complexity index is 1400. The summed E-state index contributed by atoms with van der Waals surface area (Å²) in [6.45, 7) is 4.07. The normalized spacial score (nSPS) is 12.6. The number of esters is 2. The average molecular weight is 1120 g/mol. The van der Waals surface area contributed by atoms with E-state index in [2.05, 4.69) is 86.8 Å². The van der Waals surface area contributed by atoms with Crippen LogP contribution in [0.2, 0.25) is 0 Å². The van der Waals surface area contributed by atoms with E-state index in [0.717, 1.165) is 77.0 Å². The second-order valence-corrected chi connectivity index (χ2v) is 23.9. The fraction of sp³-hybridized carbons (Fsp3) is 0.813. The molecule has 0 saturated heterocycles. The van der Waals surface area contributed by atoms with E-state index in [0.29, 0.717) is 12.8 Å². The third kappa shape index (κ3) is 67.8. The van der Waals surface area contributed by atoms with Gasteiger partial charge in [0.2, 0.25) is 0 Å². The number of allylic oxidation sites excluding steroid dienone is 12. The summed E-state index contributed by atoms with van der Waals surface area (Å²) in [5, 5.41) is 9.70. The summed E-state index contributed by atoms with van der Waals surface area (Å²) < 4.78 is 10.8. The summed E-state index contributed by atoms with van der Waals surface area (Å²) in [7, 11) is 0. The first-order valence-electron chi connectivity index (χ1n) is 35.5. The lowest BCUT2D eigenvalue weighted by molar-refractivity contribution is -0.161. The van der Waals surface area contributed by atoms with E-state index < -0.39 is 6.10 Å². The van der Waals surface area contributed by atoms with E-state index in [1.165, 1.54) is 270 Å². The molecule has 0 heterocycles. The minimum atomic E-state index is -0.778. The number of carbonyl (C=O) groups is 2. The number of ether oxygens (including phenoxy) is 2. The molecule has 1 atom stereocenters. The van der Waals surface area contributed by atoms with Crippen LogP contribution >= 0.6 is 0 Å². The second kappa shape index (κ2) is 70.6. The lowest BCUT2D eigenvalue weighted by Gasteiger charge is -2.15. The molecule has 0 fully saturated rings. The van der Waals surface area contributed by atoms with Crippen molar-refractivity contribution in [3.8, 4) is 0 Å². The van der Waals surface area contributed by atoms with Crippen LogP contribution in [0.1, 0.15) is 373 Å². The summed E-state index contributed by atoms with van der Waals surface area (Å²) >= 11 is 0. The molecule has 0 bridgehead atoms. The first-order valence-corrected chi connectivity index (χ1v) is 35.5. The minimum Gasteiger partial charge on any atom is -0.462 e. The van der Waals surface area contributed by atoms with Gasteiger partial charge in [-0.15, -0.1) is 0 Å². The molecule has 0 aliphatic rings. The lowest BCUT2D eigenvalue weighted by atomic mass is 10.0. The Kier molecular flexibility index (Phi) is 68.3. The van der Waals surface area contributed by atoms with E-state index >= 15 is 0 Å². The van der Waals surface area contributed by atoms with E-state index in [4.69, 9.17) is 9.47 Å². The van der Waals surface area contributed by atoms with Crippen LogP contribution < -0.4 is 0 Å². The van der Waals surface area contributed by atoms with E-state index in [1.807, 2.05) is 0 Å². The summed E-state index contributed by atoms with van der Waals surface area (Å²) in [6, 6.07) is 0. The number of aliphatic hydroxyl groups is 1. The van der Waals surface area contributed by atoms with Crippen molar-refractivity contribution in [2.24, 2.45) is 0 Å². The van der Waals surface area contributed by atoms with Gasteiger partial charge in [-0.3, -0.25) is 9.59 Å². The van der Waals surface area contributed by atoms with Gasteiger partial charge in [-0.05, 0) is 64.2 Å². The first kappa shape index (κ1) is 77.3. The third-order valence-electron chi connectivity index (χ3n) is 16.0. The molecule has 5 heteroatoms. The zero-order chi connectivity index (χ0) is 57.6. The fourth-order valence-electron chi connectivity index (χ4n) is 10.7. The maximum atomic E-state index is 12.4. The lowest BCUT2D eigenvalue weighted by Crippen LogP contribution is -2.28. The van der Waals surface area contributed by atoms with Gasteiger partial charge in [-0.25, -0.2) is 0 Å². The van der Waals surface area contributed by atoms with Crippen molar-refractivity contribution in [3.63, 3.8) is 0 Å². The molecule has 466 valence electrons. The number of unbranched alkanes of at least 4 members (excludes halogenated alkanes) is 46. The zero-order valence-corrected chi connectivity index (χ0v) is 53.6. The number of rotatable bonds is 66. The molecule has 1 N–H and O–H groups in total. The Balaban J connectivity index is 3.41. The van der Waals surface area contributed by atoms with Crippen molar-refractivity contribution in [3.05, 3.63) is 72.9 Å². The Hall–Kier alpha value is -2.66. The molecule has 0 amide bonds. The summed E-state index contributed by atoms with van der Waals surface area (Å²) in [5.74, 6) is -0.581. The average Bonchev–Trinajstić information content (AvgIpc) is 3.46. The molecular formula is C75H136O5. The number of aliphatic hydroxyl groups excluding tert-OH is 1. The van der Waals surface area contributed by atoms with E-state index in [1.54, 1.807) is 0 Å². The summed E-state index contributed by atoms with van der Waals surface area (Å²) in [4.78, 5) is 24.6. The number of hydrogen-bond acceptors (Lipinski definition) is 5. The van der Waals surface area contributed by atoms with Crippen molar-refractivity contribution in [2.75, 3.05) is 13.2 Å². The molecule has 80 heavy (non-hydrogen) atoms. The fourth-order valence-corrected chi connectivity index (χ4v) is 10.7. The Morgan fingerprint density at radius 1 is 0.300 bits per heavy atom. The number of hydrogen-bond donors (Lipinski definition) is 1. The Morgan fingerprint density at radius 2 is 0.537 bits per heavy atom. The highest BCUT2D eigenvalue weighted by molar-refractivity contribution is 5.70. The van der Waals surface area contributed by atoms with Gasteiger partial charge in [0, 0.05) is 12.8 Å². The predicted molar refractivity (Wildman–Crippen MR) is 353 cm³/mol. The molecule has 0 aliphatic carbocycles. The van der Waals surface area contributed by atoms with Gasteiger partial charge >= 0.3 is 11.9 Å². The Morgan fingerprint density at radius 3 is 0.812 bits per heavy atom. The van der Waals surface area contributed by atoms with Gasteiger partial charge in [-0.2, -0.15) is 0 Å². The van der Waals surface area contributed by atoms with Crippen LogP contribution in [0.15, 0.2) is 72.9 Å². The minimum absolute atomic E-state index is 0.0662. The molecule has 0 aliphatic heterocycles. The molecule has 0 aromatic heterocycles. The smallest absolute Gasteiger partial charge is 0.306 e. The SMILES string of the molecule is CC/C=C\C/C=C\C/C=C\C/C=C\C/C=C\C/C=C\CCCCCCCCCCCCC(=O)OC(CO)COC(=O)CCCCCCCCCCCCCCCCCCCCCCCCCCCCCCCCCCCCCCC. The van der Waals surface area contributed by atoms with E-state index in [9.17, 15) is 14.7 Å². The third-order valence-corrected chi connectivity index (χ3v) is 16.0. The van der Waals surface area contributed by atoms with Gasteiger partial charge < -0.3 is 14.6 Å². The largest absolute Gasteiger partial charge is 0.462 e. The first-order chi connectivity index (χ1) is 39.6. The monoisotopic (exact) mass is 1120 g/mol. The maximum absolute atomic E-state index is 12.4. The van der Waals surface area contributed by atoms with Gasteiger partial charge in [0.1, 0.15) is 6.61 Å². The standard InChI is InChI=1S/C75H136O5/c1-3-5-7-9-11-13-15-17-19-21-23-25-27-29-31-33-34-35-36-37-38-39-40-42-43-45-47-49-51-53-55-57-59-61-63-65-67-69-74(77)79-72-73(71-76)80-75(78)70-68-66-64-62-60-58-56-54-52-50-48-46-44-41-32-30-28-26-24-22-20-18-16-14-12-10-8-6-4-2/h6,8,12,14,18,20,24,26,30,32,44,46,73,76H,3-5,7,9-11,13,15-17,19,21-23,25,27-29,31,33-43,45,47-72H2,1-2H3/b8-6-,14-12-,20-18-,26-24-,32-30-,46-44-. The topological polar surface area (TPSA) is 72.8 Å². The molecule has 1 unspecified atom stereocenters. The van der Waals surface area contributed by atoms with Gasteiger partial charge in [0.05, 0.1) is 6.61 Å². The van der Waals surface area contributed by atoms with Crippen molar-refractivity contribution >= 4 is 11.9 Å². The van der Waals surface area contributed by atoms with Gasteiger partial charge in [-0.1, -0.05) is 369 Å². The van der Waals surface area contributed by atoms with Crippen LogP contribution in [-0.4, -0.2) is 36.4 Å². The van der Waals surface area contributed by atoms with Crippen LogP contribution in [0.3, 0.4) is 0 Å². The highest BCUT2D eigenvalue weighted by atomic mass is 16.6. The second-order valence-electron chi connectivity index (χ2n) is 23.9. The quantitative estimate of drug-likeness (QED) is 0.0373. The number of carbonyl (C=O) groups excluding carboxylic acids is 2. The summed E-state index contributed by atoms with van der Waals surface area (Å²) in [5.41, 5.74) is 0. The van der Waals surface area contributed by atoms with Crippen molar-refractivity contribution in [1.29, 1.82) is 0 Å². The Labute approximate surface area is 499 Å². The predicted octanol–water partition coefficient (Wildman–Crippen LogP) is 24.7. The van der Waals surface area contributed by atoms with Gasteiger partial charge in [0.25, 0.3) is 0 Å². The highest BCUT2D eigenvalue weighted by Crippen LogP contribution is 2.19. The molecule has 5 nitrogen and oxygen atoms in total. The maximum Gasteiger partial charge on any atom is 0.306 e. The van der Waals surface area contributed by atoms with Crippen LogP contribution in [0.4, 0.5) is 0 Å². The van der Waals surface area contributed by atoms with Crippen LogP contribution in [0.25, 0.3) is 0 Å². The van der Waals surface area contributed by atoms with Crippen molar-refractivity contribution in [2.45, 2.75) is 380 Å².